The Balaban J connectivity index is 1.73. The lowest BCUT2D eigenvalue weighted by Crippen LogP contribution is -2.26. The third kappa shape index (κ3) is 6.92. The standard InChI is InChI=1S/C20H20ClN3O3/c1-26-18-6-8-19(9-7-18)27-11-10-23-14-16(12-22)20(25)24-13-15-2-4-17(21)5-3-15/h2-9,14,23H,10-11,13H2,1H3,(H,24,25)/b16-14-. The van der Waals surface area contributed by atoms with Crippen LogP contribution in [0.3, 0.4) is 0 Å². The Labute approximate surface area is 163 Å². The number of halogens is 1. The SMILES string of the molecule is COc1ccc(OCCN/C=C(/C#N)C(=O)NCc2ccc(Cl)cc2)cc1. The number of nitriles is 1. The lowest BCUT2D eigenvalue weighted by Gasteiger charge is -2.08. The quantitative estimate of drug-likeness (QED) is 0.394. The monoisotopic (exact) mass is 385 g/mol. The zero-order valence-corrected chi connectivity index (χ0v) is 15.6. The van der Waals surface area contributed by atoms with E-state index >= 15 is 0 Å². The molecule has 2 aromatic carbocycles. The van der Waals surface area contributed by atoms with Gasteiger partial charge in [0.05, 0.1) is 7.11 Å². The number of carbonyl (C=O) groups is 1. The van der Waals surface area contributed by atoms with E-state index in [0.29, 0.717) is 30.5 Å². The molecule has 0 aliphatic rings. The number of methoxy groups -OCH3 is 1. The lowest BCUT2D eigenvalue weighted by molar-refractivity contribution is -0.117. The Morgan fingerprint density at radius 1 is 1.15 bits per heavy atom. The Kier molecular flexibility index (Phi) is 8.01. The van der Waals surface area contributed by atoms with E-state index in [4.69, 9.17) is 26.3 Å². The predicted octanol–water partition coefficient (Wildman–Crippen LogP) is 3.04. The molecule has 2 rings (SSSR count). The molecule has 0 aromatic heterocycles. The minimum Gasteiger partial charge on any atom is -0.497 e. The van der Waals surface area contributed by atoms with E-state index in [-0.39, 0.29) is 5.57 Å². The van der Waals surface area contributed by atoms with Gasteiger partial charge < -0.3 is 20.1 Å². The molecule has 0 atom stereocenters. The molecule has 6 nitrogen and oxygen atoms in total. The first-order valence-electron chi connectivity index (χ1n) is 8.25. The van der Waals surface area contributed by atoms with E-state index < -0.39 is 5.91 Å². The maximum absolute atomic E-state index is 12.0. The highest BCUT2D eigenvalue weighted by Gasteiger charge is 2.08. The molecular weight excluding hydrogens is 366 g/mol. The largest absolute Gasteiger partial charge is 0.497 e. The lowest BCUT2D eigenvalue weighted by atomic mass is 10.2. The van der Waals surface area contributed by atoms with Crippen molar-refractivity contribution in [3.63, 3.8) is 0 Å². The van der Waals surface area contributed by atoms with Gasteiger partial charge in [-0.15, -0.1) is 0 Å². The summed E-state index contributed by atoms with van der Waals surface area (Å²) in [4.78, 5) is 12.0. The van der Waals surface area contributed by atoms with Gasteiger partial charge in [-0.3, -0.25) is 4.79 Å². The summed E-state index contributed by atoms with van der Waals surface area (Å²) in [5.74, 6) is 1.02. The third-order valence-corrected chi connectivity index (χ3v) is 3.80. The zero-order chi connectivity index (χ0) is 19.5. The number of rotatable bonds is 9. The number of hydrogen-bond acceptors (Lipinski definition) is 5. The van der Waals surface area contributed by atoms with Crippen molar-refractivity contribution in [2.45, 2.75) is 6.54 Å². The molecule has 0 aliphatic carbocycles. The minimum absolute atomic E-state index is 0.00610. The Bertz CT molecular complexity index is 812. The van der Waals surface area contributed by atoms with Crippen LogP contribution in [0.2, 0.25) is 5.02 Å². The normalized spacial score (nSPS) is 10.6. The molecule has 0 radical (unpaired) electrons. The van der Waals surface area contributed by atoms with E-state index in [1.807, 2.05) is 30.3 Å². The van der Waals surface area contributed by atoms with Crippen LogP contribution in [0.1, 0.15) is 5.56 Å². The van der Waals surface area contributed by atoms with Crippen LogP contribution in [-0.4, -0.2) is 26.2 Å². The minimum atomic E-state index is -0.448. The smallest absolute Gasteiger partial charge is 0.263 e. The van der Waals surface area contributed by atoms with Gasteiger partial charge in [0.2, 0.25) is 0 Å². The summed E-state index contributed by atoms with van der Waals surface area (Å²) in [5.41, 5.74) is 0.888. The highest BCUT2D eigenvalue weighted by molar-refractivity contribution is 6.30. The average molecular weight is 386 g/mol. The molecular formula is C20H20ClN3O3. The second-order valence-electron chi connectivity index (χ2n) is 5.46. The van der Waals surface area contributed by atoms with Crippen LogP contribution in [0.25, 0.3) is 0 Å². The molecule has 0 heterocycles. The molecule has 0 unspecified atom stereocenters. The van der Waals surface area contributed by atoms with Crippen molar-refractivity contribution < 1.29 is 14.3 Å². The van der Waals surface area contributed by atoms with Gasteiger partial charge in [0.25, 0.3) is 5.91 Å². The summed E-state index contributed by atoms with van der Waals surface area (Å²) < 4.78 is 10.6. The summed E-state index contributed by atoms with van der Waals surface area (Å²) in [6.45, 7) is 1.14. The van der Waals surface area contributed by atoms with Crippen LogP contribution in [0.4, 0.5) is 0 Å². The Morgan fingerprint density at radius 3 is 2.44 bits per heavy atom. The van der Waals surface area contributed by atoms with Crippen molar-refractivity contribution in [3.05, 3.63) is 70.9 Å². The molecule has 27 heavy (non-hydrogen) atoms. The van der Waals surface area contributed by atoms with Crippen molar-refractivity contribution in [1.82, 2.24) is 10.6 Å². The van der Waals surface area contributed by atoms with Crippen LogP contribution < -0.4 is 20.1 Å². The molecule has 0 saturated carbocycles. The number of nitrogens with one attached hydrogen (secondary N) is 2. The average Bonchev–Trinajstić information content (AvgIpc) is 2.70. The molecule has 0 saturated heterocycles. The molecule has 1 amide bonds. The second-order valence-corrected chi connectivity index (χ2v) is 5.89. The van der Waals surface area contributed by atoms with E-state index in [0.717, 1.165) is 11.3 Å². The Morgan fingerprint density at radius 2 is 1.81 bits per heavy atom. The van der Waals surface area contributed by atoms with Gasteiger partial charge in [0, 0.05) is 24.3 Å². The first kappa shape index (κ1) is 20.1. The molecule has 0 aliphatic heterocycles. The second kappa shape index (κ2) is 10.7. The highest BCUT2D eigenvalue weighted by atomic mass is 35.5. The van der Waals surface area contributed by atoms with E-state index in [9.17, 15) is 4.79 Å². The van der Waals surface area contributed by atoms with Crippen molar-refractivity contribution in [3.8, 4) is 17.6 Å². The van der Waals surface area contributed by atoms with Crippen molar-refractivity contribution in [2.24, 2.45) is 0 Å². The van der Waals surface area contributed by atoms with Crippen LogP contribution in [0.5, 0.6) is 11.5 Å². The van der Waals surface area contributed by atoms with Gasteiger partial charge in [-0.1, -0.05) is 23.7 Å². The van der Waals surface area contributed by atoms with E-state index in [2.05, 4.69) is 10.6 Å². The fourth-order valence-corrected chi connectivity index (χ4v) is 2.23. The van der Waals surface area contributed by atoms with Crippen molar-refractivity contribution >= 4 is 17.5 Å². The first-order valence-corrected chi connectivity index (χ1v) is 8.63. The van der Waals surface area contributed by atoms with E-state index in [1.54, 1.807) is 31.4 Å². The van der Waals surface area contributed by atoms with Crippen LogP contribution in [0.15, 0.2) is 60.3 Å². The maximum Gasteiger partial charge on any atom is 0.263 e. The number of hydrogen-bond donors (Lipinski definition) is 2. The van der Waals surface area contributed by atoms with Crippen LogP contribution >= 0.6 is 11.6 Å². The molecule has 2 aromatic rings. The molecule has 2 N–H and O–H groups in total. The first-order chi connectivity index (χ1) is 13.1. The van der Waals surface area contributed by atoms with Gasteiger partial charge in [-0.2, -0.15) is 5.26 Å². The summed E-state index contributed by atoms with van der Waals surface area (Å²) >= 11 is 5.82. The van der Waals surface area contributed by atoms with Crippen molar-refractivity contribution in [2.75, 3.05) is 20.3 Å². The van der Waals surface area contributed by atoms with Gasteiger partial charge in [-0.25, -0.2) is 0 Å². The number of nitrogens with zero attached hydrogens (tertiary/aromatic N) is 1. The number of benzene rings is 2. The van der Waals surface area contributed by atoms with E-state index in [1.165, 1.54) is 6.20 Å². The van der Waals surface area contributed by atoms with Gasteiger partial charge in [0.1, 0.15) is 29.7 Å². The van der Waals surface area contributed by atoms with Crippen LogP contribution in [-0.2, 0) is 11.3 Å². The number of amides is 1. The summed E-state index contributed by atoms with van der Waals surface area (Å²) in [6.07, 6.45) is 1.38. The topological polar surface area (TPSA) is 83.4 Å². The van der Waals surface area contributed by atoms with Crippen molar-refractivity contribution in [1.29, 1.82) is 5.26 Å². The summed E-state index contributed by atoms with van der Waals surface area (Å²) in [7, 11) is 1.60. The van der Waals surface area contributed by atoms with Gasteiger partial charge in [-0.05, 0) is 42.0 Å². The molecule has 140 valence electrons. The van der Waals surface area contributed by atoms with Gasteiger partial charge >= 0.3 is 0 Å². The number of ether oxygens (including phenoxy) is 2. The summed E-state index contributed by atoms with van der Waals surface area (Å²) in [5, 5.41) is 15.4. The number of carbonyl (C=O) groups excluding carboxylic acids is 1. The fourth-order valence-electron chi connectivity index (χ4n) is 2.10. The fraction of sp³-hybridized carbons (Fsp3) is 0.200. The van der Waals surface area contributed by atoms with Gasteiger partial charge in [0.15, 0.2) is 0 Å². The zero-order valence-electron chi connectivity index (χ0n) is 14.9. The highest BCUT2D eigenvalue weighted by Crippen LogP contribution is 2.16. The predicted molar refractivity (Wildman–Crippen MR) is 103 cm³/mol. The molecule has 0 fully saturated rings. The summed E-state index contributed by atoms with van der Waals surface area (Å²) in [6, 6.07) is 16.2. The third-order valence-electron chi connectivity index (χ3n) is 3.55. The van der Waals surface area contributed by atoms with Crippen LogP contribution in [0, 0.1) is 11.3 Å². The Hall–Kier alpha value is -3.17. The maximum atomic E-state index is 12.0. The molecule has 0 bridgehead atoms. The molecule has 7 heteroatoms. The molecule has 0 spiro atoms.